The Morgan fingerprint density at radius 1 is 0.672 bits per heavy atom. The summed E-state index contributed by atoms with van der Waals surface area (Å²) < 4.78 is 14.9. The number of nitrogens with one attached hydrogen (secondary N) is 1. The average molecular weight is 987 g/mol. The molecule has 8 heterocycles. The normalized spacial score (nSPS) is 21.3. The fraction of sp³-hybridized carbons (Fsp3) is 0.318. The lowest BCUT2D eigenvalue weighted by atomic mass is 10.2. The SMILES string of the molecule is Cc1cncc2ncn(Cc3nc(C4[C@H]5CN(c6ccc(Cl)cc6)C[C@@H]45)no3)c(=O)c12.Cc1cncc2ncn(Cc3nc(C4[C@H]5CNC[C@@H]45)no3)c(=O)c12.Cl.Clc1ccc(Br)cc1. The number of anilines is 1. The average Bonchev–Trinajstić information content (AvgIpc) is 3.69. The number of halogens is 4. The first-order chi connectivity index (χ1) is 30.6. The van der Waals surface area contributed by atoms with Crippen LogP contribution in [0.15, 0.2) is 109 Å². The highest BCUT2D eigenvalue weighted by molar-refractivity contribution is 9.10. The standard InChI is InChI=1S/C22H19ClN6O2.C16H16N6O2.C6H4BrCl.ClH/c1-12-6-24-7-17-19(12)22(30)29(11-25-17)10-18-26-21(27-31-18)20-15-8-28(9-16(15)20)14-4-2-13(23)3-5-14;1-8-2-17-5-11-13(8)16(23)22(7-19-11)6-12-20-15(21-24-12)14-9-3-18-4-10(9)14;7-5-1-3-6(8)4-2-5;/h2-7,11,15-16,20H,8-10H2,1H3;2,5,7,9-10,14,18H,3-4,6H2,1H3;1-4H;1H/t15-,16+,20?;9-,10+,14?;;. The molecule has 2 aliphatic heterocycles. The summed E-state index contributed by atoms with van der Waals surface area (Å²) in [5, 5.41) is 14.3. The molecule has 12 rings (SSSR count). The van der Waals surface area contributed by atoms with Crippen molar-refractivity contribution in [3.05, 3.63) is 156 Å². The largest absolute Gasteiger partial charge is 0.371 e. The van der Waals surface area contributed by atoms with Gasteiger partial charge >= 0.3 is 0 Å². The van der Waals surface area contributed by atoms with E-state index < -0.39 is 0 Å². The van der Waals surface area contributed by atoms with Gasteiger partial charge in [0.15, 0.2) is 11.6 Å². The minimum absolute atomic E-state index is 0. The van der Waals surface area contributed by atoms with E-state index in [9.17, 15) is 9.59 Å². The zero-order valence-electron chi connectivity index (χ0n) is 34.4. The van der Waals surface area contributed by atoms with Crippen LogP contribution in [0, 0.1) is 37.5 Å². The van der Waals surface area contributed by atoms with Crippen molar-refractivity contribution >= 4 is 79.0 Å². The topological polar surface area (TPSA) is 189 Å². The molecule has 0 radical (unpaired) electrons. The third-order valence-electron chi connectivity index (χ3n) is 12.3. The zero-order chi connectivity index (χ0) is 43.4. The van der Waals surface area contributed by atoms with Gasteiger partial charge in [0, 0.05) is 57.5 Å². The molecule has 4 fully saturated rings. The molecule has 6 aromatic heterocycles. The number of pyridine rings is 2. The summed E-state index contributed by atoms with van der Waals surface area (Å²) in [5.41, 5.74) is 3.73. The molecule has 20 heteroatoms. The number of aromatic nitrogens is 10. The van der Waals surface area contributed by atoms with Crippen LogP contribution in [0.25, 0.3) is 21.8 Å². The highest BCUT2D eigenvalue weighted by Crippen LogP contribution is 2.58. The molecular weight excluding hydrogens is 947 g/mol. The fourth-order valence-electron chi connectivity index (χ4n) is 8.96. The molecule has 0 amide bonds. The van der Waals surface area contributed by atoms with Gasteiger partial charge < -0.3 is 19.3 Å². The lowest BCUT2D eigenvalue weighted by Crippen LogP contribution is -2.23. The van der Waals surface area contributed by atoms with Crippen LogP contribution in [-0.2, 0) is 13.1 Å². The Morgan fingerprint density at radius 3 is 1.59 bits per heavy atom. The Labute approximate surface area is 390 Å². The second-order valence-corrected chi connectivity index (χ2v) is 18.1. The van der Waals surface area contributed by atoms with Gasteiger partial charge in [0.2, 0.25) is 11.8 Å². The van der Waals surface area contributed by atoms with Crippen molar-refractivity contribution in [1.82, 2.24) is 54.7 Å². The number of nitrogens with zero attached hydrogens (tertiary/aromatic N) is 11. The molecule has 2 aliphatic carbocycles. The van der Waals surface area contributed by atoms with Crippen LogP contribution in [0.5, 0.6) is 0 Å². The zero-order valence-corrected chi connectivity index (χ0v) is 38.3. The van der Waals surface area contributed by atoms with Crippen LogP contribution >= 0.6 is 51.5 Å². The number of benzene rings is 2. The van der Waals surface area contributed by atoms with Gasteiger partial charge in [-0.05, 0) is 110 Å². The third-order valence-corrected chi connectivity index (χ3v) is 13.3. The smallest absolute Gasteiger partial charge is 0.262 e. The molecule has 1 N–H and O–H groups in total. The van der Waals surface area contributed by atoms with Crippen LogP contribution in [0.2, 0.25) is 10.0 Å². The van der Waals surface area contributed by atoms with Gasteiger partial charge in [-0.3, -0.25) is 28.7 Å². The Morgan fingerprint density at radius 2 is 1.12 bits per heavy atom. The number of hydrogen-bond donors (Lipinski definition) is 1. The monoisotopic (exact) mass is 984 g/mol. The fourth-order valence-corrected chi connectivity index (χ4v) is 9.48. The summed E-state index contributed by atoms with van der Waals surface area (Å²) in [6.45, 7) is 8.15. The van der Waals surface area contributed by atoms with Gasteiger partial charge in [-0.2, -0.15) is 9.97 Å². The maximum atomic E-state index is 12.8. The summed E-state index contributed by atoms with van der Waals surface area (Å²) in [7, 11) is 0. The van der Waals surface area contributed by atoms with Gasteiger partial charge in [0.25, 0.3) is 11.1 Å². The van der Waals surface area contributed by atoms with Crippen molar-refractivity contribution < 1.29 is 9.05 Å². The van der Waals surface area contributed by atoms with Crippen molar-refractivity contribution in [2.45, 2.75) is 38.8 Å². The van der Waals surface area contributed by atoms with E-state index in [-0.39, 0.29) is 36.6 Å². The van der Waals surface area contributed by atoms with Crippen molar-refractivity contribution in [1.29, 1.82) is 0 Å². The molecule has 64 heavy (non-hydrogen) atoms. The second-order valence-electron chi connectivity index (χ2n) is 16.3. The van der Waals surface area contributed by atoms with Crippen molar-refractivity contribution in [2.75, 3.05) is 31.1 Å². The molecule has 16 nitrogen and oxygen atoms in total. The first-order valence-corrected chi connectivity index (χ1v) is 22.0. The van der Waals surface area contributed by atoms with Crippen molar-refractivity contribution in [3.63, 3.8) is 0 Å². The summed E-state index contributed by atoms with van der Waals surface area (Å²) in [5.74, 6) is 5.42. The van der Waals surface area contributed by atoms with Crippen LogP contribution < -0.4 is 21.3 Å². The molecule has 2 unspecified atom stereocenters. The van der Waals surface area contributed by atoms with Gasteiger partial charge in [0.1, 0.15) is 13.1 Å². The molecule has 8 aromatic rings. The lowest BCUT2D eigenvalue weighted by Gasteiger charge is -2.21. The van der Waals surface area contributed by atoms with Gasteiger partial charge in [-0.25, -0.2) is 9.97 Å². The first kappa shape index (κ1) is 43.7. The van der Waals surface area contributed by atoms with Crippen LogP contribution in [0.1, 0.15) is 46.4 Å². The summed E-state index contributed by atoms with van der Waals surface area (Å²) in [6.07, 6.45) is 9.54. The van der Waals surface area contributed by atoms with Crippen LogP contribution in [0.3, 0.4) is 0 Å². The van der Waals surface area contributed by atoms with Crippen molar-refractivity contribution in [3.8, 4) is 0 Å². The summed E-state index contributed by atoms with van der Waals surface area (Å²) in [4.78, 5) is 53.8. The predicted molar refractivity (Wildman–Crippen MR) is 246 cm³/mol. The van der Waals surface area contributed by atoms with Gasteiger partial charge in [0.05, 0.1) is 46.9 Å². The Hall–Kier alpha value is -5.59. The molecule has 2 saturated carbocycles. The second kappa shape index (κ2) is 18.1. The summed E-state index contributed by atoms with van der Waals surface area (Å²) in [6, 6.07) is 15.4. The van der Waals surface area contributed by atoms with Crippen LogP contribution in [0.4, 0.5) is 5.69 Å². The van der Waals surface area contributed by atoms with E-state index in [1.165, 1.54) is 27.5 Å². The van der Waals surface area contributed by atoms with Crippen molar-refractivity contribution in [2.24, 2.45) is 23.7 Å². The maximum absolute atomic E-state index is 12.8. The number of piperidine rings is 2. The molecular formula is C44H40BrCl3N12O4. The van der Waals surface area contributed by atoms with E-state index >= 15 is 0 Å². The van der Waals surface area contributed by atoms with E-state index in [1.807, 2.05) is 50.2 Å². The van der Waals surface area contributed by atoms with Gasteiger partial charge in [-0.1, -0.05) is 49.4 Å². The van der Waals surface area contributed by atoms with E-state index in [2.05, 4.69) is 78.5 Å². The quantitative estimate of drug-likeness (QED) is 0.172. The maximum Gasteiger partial charge on any atom is 0.262 e. The van der Waals surface area contributed by atoms with E-state index in [1.54, 1.807) is 24.8 Å². The minimum Gasteiger partial charge on any atom is -0.371 e. The number of aryl methyl sites for hydroxylation is 2. The van der Waals surface area contributed by atoms with E-state index in [0.717, 1.165) is 63.5 Å². The minimum atomic E-state index is -0.133. The predicted octanol–water partition coefficient (Wildman–Crippen LogP) is 7.02. The molecule has 2 saturated heterocycles. The van der Waals surface area contributed by atoms with Crippen LogP contribution in [-0.4, -0.2) is 75.5 Å². The first-order valence-electron chi connectivity index (χ1n) is 20.5. The molecule has 0 bridgehead atoms. The molecule has 4 aliphatic rings. The highest BCUT2D eigenvalue weighted by atomic mass is 79.9. The summed E-state index contributed by atoms with van der Waals surface area (Å²) >= 11 is 14.9. The molecule has 0 spiro atoms. The molecule has 6 atom stereocenters. The highest BCUT2D eigenvalue weighted by Gasteiger charge is 2.58. The molecule has 328 valence electrons. The van der Waals surface area contributed by atoms with E-state index in [0.29, 0.717) is 69.1 Å². The Balaban J connectivity index is 0.000000139. The Bertz CT molecular complexity index is 3050. The Kier molecular flexibility index (Phi) is 12.4. The van der Waals surface area contributed by atoms with E-state index in [4.69, 9.17) is 32.2 Å². The van der Waals surface area contributed by atoms with Gasteiger partial charge in [-0.15, -0.1) is 12.4 Å². The lowest BCUT2D eigenvalue weighted by molar-refractivity contribution is 0.363. The molecule has 2 aromatic carbocycles. The number of fused-ring (bicyclic) bond motifs is 4. The number of hydrogen-bond acceptors (Lipinski definition) is 14. The third kappa shape index (κ3) is 8.78. The number of rotatable bonds is 7.